The number of hydrogen-bond acceptors (Lipinski definition) is 7. The predicted molar refractivity (Wildman–Crippen MR) is 133 cm³/mol. The molecule has 0 unspecified atom stereocenters. The van der Waals surface area contributed by atoms with Crippen molar-refractivity contribution in [3.05, 3.63) is 41.6 Å². The van der Waals surface area contributed by atoms with Crippen molar-refractivity contribution >= 4 is 21.4 Å². The van der Waals surface area contributed by atoms with Crippen molar-refractivity contribution in [3.8, 4) is 22.8 Å². The summed E-state index contributed by atoms with van der Waals surface area (Å²) in [6.45, 7) is 5.47. The van der Waals surface area contributed by atoms with E-state index in [0.717, 1.165) is 12.1 Å². The average molecular weight is 512 g/mol. The van der Waals surface area contributed by atoms with Crippen molar-refractivity contribution in [2.24, 2.45) is 0 Å². The Morgan fingerprint density at radius 1 is 1.25 bits per heavy atom. The number of nitrogens with zero attached hydrogens (tertiary/aromatic N) is 3. The van der Waals surface area contributed by atoms with Gasteiger partial charge in [-0.3, -0.25) is 4.79 Å². The number of methoxy groups -OCH3 is 1. The number of carbonyl (C=O) groups excluding carboxylic acids is 1. The molecule has 0 bridgehead atoms. The molecule has 3 heterocycles. The Balaban J connectivity index is 1.55. The molecule has 0 N–H and O–H groups in total. The zero-order valence-electron chi connectivity index (χ0n) is 20.6. The minimum absolute atomic E-state index is 0.142. The normalized spacial score (nSPS) is 20.4. The lowest BCUT2D eigenvalue weighted by molar-refractivity contribution is -0.0374. The number of carbonyl (C=O) groups is 1. The van der Waals surface area contributed by atoms with Crippen molar-refractivity contribution in [2.75, 3.05) is 26.9 Å². The smallest absolute Gasteiger partial charge is 0.275 e. The molecule has 1 amide bonds. The monoisotopic (exact) mass is 511 g/mol. The number of rotatable bonds is 5. The molecule has 9 nitrogen and oxygen atoms in total. The van der Waals surface area contributed by atoms with Crippen molar-refractivity contribution < 1.29 is 27.4 Å². The Hall–Kier alpha value is -3.11. The molecule has 0 atom stereocenters. The van der Waals surface area contributed by atoms with E-state index in [1.807, 2.05) is 32.1 Å². The Labute approximate surface area is 210 Å². The molecule has 1 aromatic carbocycles. The van der Waals surface area contributed by atoms with Gasteiger partial charge in [0.25, 0.3) is 5.91 Å². The minimum Gasteiger partial charge on any atom is -0.495 e. The van der Waals surface area contributed by atoms with E-state index in [-0.39, 0.29) is 28.4 Å². The van der Waals surface area contributed by atoms with Crippen molar-refractivity contribution in [1.82, 2.24) is 14.7 Å². The molecule has 6 rings (SSSR count). The summed E-state index contributed by atoms with van der Waals surface area (Å²) >= 11 is 0. The lowest BCUT2D eigenvalue weighted by Crippen LogP contribution is -2.55. The van der Waals surface area contributed by atoms with Gasteiger partial charge in [-0.25, -0.2) is 13.1 Å². The van der Waals surface area contributed by atoms with Crippen LogP contribution in [0.4, 0.5) is 0 Å². The summed E-state index contributed by atoms with van der Waals surface area (Å²) in [6, 6.07) is 3.26. The van der Waals surface area contributed by atoms with Crippen LogP contribution in [-0.2, 0) is 21.2 Å². The molecule has 2 fully saturated rings. The lowest BCUT2D eigenvalue weighted by Gasteiger charge is -2.41. The van der Waals surface area contributed by atoms with Crippen LogP contribution in [0.5, 0.6) is 11.5 Å². The van der Waals surface area contributed by atoms with E-state index in [1.165, 1.54) is 7.11 Å². The highest BCUT2D eigenvalue weighted by atomic mass is 32.2. The maximum absolute atomic E-state index is 13.8. The van der Waals surface area contributed by atoms with Gasteiger partial charge in [0.1, 0.15) is 23.0 Å². The molecule has 36 heavy (non-hydrogen) atoms. The number of aromatic nitrogens is 2. The van der Waals surface area contributed by atoms with Gasteiger partial charge >= 0.3 is 0 Å². The first-order valence-electron chi connectivity index (χ1n) is 12.2. The standard InChI is InChI=1S/C26H29N3O6S/c1-26(2)15-34-11-10-28(26)25(30)23-19-14-35-20-13-21(33-3)22(36(31,32)17-8-9-17)12-18(20)24(19)29(27-23)16-6-4-5-7-16/h4,6-7,12-13,17H,5,8-11,14-15H2,1-3H3. The van der Waals surface area contributed by atoms with Gasteiger partial charge in [-0.05, 0) is 45.3 Å². The fourth-order valence-corrected chi connectivity index (χ4v) is 6.94. The maximum atomic E-state index is 13.8. The molecule has 10 heteroatoms. The first-order chi connectivity index (χ1) is 17.2. The van der Waals surface area contributed by atoms with Gasteiger partial charge in [-0.2, -0.15) is 5.10 Å². The molecule has 2 aliphatic carbocycles. The molecule has 1 saturated carbocycles. The van der Waals surface area contributed by atoms with Crippen LogP contribution in [0.25, 0.3) is 17.0 Å². The number of amides is 1. The van der Waals surface area contributed by atoms with Gasteiger partial charge in [-0.1, -0.05) is 12.2 Å². The van der Waals surface area contributed by atoms with Crippen LogP contribution in [0.1, 0.15) is 49.2 Å². The Kier molecular flexibility index (Phi) is 5.31. The first-order valence-corrected chi connectivity index (χ1v) is 13.7. The van der Waals surface area contributed by atoms with Crippen LogP contribution in [-0.4, -0.2) is 66.7 Å². The maximum Gasteiger partial charge on any atom is 0.275 e. The topological polar surface area (TPSA) is 100.0 Å². The molecular weight excluding hydrogens is 482 g/mol. The number of allylic oxidation sites excluding steroid dienone is 4. The molecule has 0 radical (unpaired) electrons. The second-order valence-corrected chi connectivity index (χ2v) is 12.4. The quantitative estimate of drug-likeness (QED) is 0.606. The van der Waals surface area contributed by atoms with E-state index < -0.39 is 15.4 Å². The number of benzene rings is 1. The summed E-state index contributed by atoms with van der Waals surface area (Å²) in [4.78, 5) is 15.8. The number of fused-ring (bicyclic) bond motifs is 3. The van der Waals surface area contributed by atoms with Gasteiger partial charge in [0.15, 0.2) is 15.5 Å². The van der Waals surface area contributed by atoms with Crippen LogP contribution in [0.3, 0.4) is 0 Å². The van der Waals surface area contributed by atoms with Gasteiger partial charge in [0.2, 0.25) is 0 Å². The SMILES string of the molecule is COc1cc2c(cc1S(=O)(=O)C1CC1)-c1c(c(C(=O)N3CCOCC3(C)C)nn1C1=CCC=C1)CO2. The van der Waals surface area contributed by atoms with Gasteiger partial charge < -0.3 is 19.1 Å². The van der Waals surface area contributed by atoms with Gasteiger partial charge in [0.05, 0.1) is 42.5 Å². The van der Waals surface area contributed by atoms with Crippen LogP contribution in [0.15, 0.2) is 35.3 Å². The summed E-state index contributed by atoms with van der Waals surface area (Å²) < 4.78 is 45.4. The van der Waals surface area contributed by atoms with Crippen LogP contribution in [0.2, 0.25) is 0 Å². The van der Waals surface area contributed by atoms with Crippen LogP contribution in [0, 0.1) is 0 Å². The molecule has 2 aromatic rings. The van der Waals surface area contributed by atoms with E-state index in [0.29, 0.717) is 60.9 Å². The Morgan fingerprint density at radius 2 is 2.06 bits per heavy atom. The minimum atomic E-state index is -3.55. The third-order valence-corrected chi connectivity index (χ3v) is 9.52. The van der Waals surface area contributed by atoms with Crippen LogP contribution < -0.4 is 9.47 Å². The molecule has 2 aliphatic heterocycles. The van der Waals surface area contributed by atoms with Crippen molar-refractivity contribution in [2.45, 2.75) is 55.4 Å². The van der Waals surface area contributed by atoms with E-state index in [2.05, 4.69) is 0 Å². The summed E-state index contributed by atoms with van der Waals surface area (Å²) in [5.74, 6) is 0.581. The first kappa shape index (κ1) is 23.3. The molecule has 1 saturated heterocycles. The molecule has 0 spiro atoms. The molecule has 1 aromatic heterocycles. The highest BCUT2D eigenvalue weighted by molar-refractivity contribution is 7.92. The third-order valence-electron chi connectivity index (χ3n) is 7.24. The predicted octanol–water partition coefficient (Wildman–Crippen LogP) is 3.44. The molecule has 4 aliphatic rings. The highest BCUT2D eigenvalue weighted by Gasteiger charge is 2.42. The summed E-state index contributed by atoms with van der Waals surface area (Å²) in [7, 11) is -2.09. The van der Waals surface area contributed by atoms with Crippen molar-refractivity contribution in [3.63, 3.8) is 0 Å². The van der Waals surface area contributed by atoms with E-state index in [9.17, 15) is 13.2 Å². The largest absolute Gasteiger partial charge is 0.495 e. The van der Waals surface area contributed by atoms with Crippen LogP contribution >= 0.6 is 0 Å². The summed E-state index contributed by atoms with van der Waals surface area (Å²) in [5.41, 5.74) is 2.58. The summed E-state index contributed by atoms with van der Waals surface area (Å²) in [5, 5.41) is 4.41. The summed E-state index contributed by atoms with van der Waals surface area (Å²) in [6.07, 6.45) is 8.06. The highest BCUT2D eigenvalue weighted by Crippen LogP contribution is 2.47. The van der Waals surface area contributed by atoms with Gasteiger partial charge in [-0.15, -0.1) is 0 Å². The lowest BCUT2D eigenvalue weighted by atomic mass is 9.99. The molecule has 190 valence electrons. The number of hydrogen-bond donors (Lipinski definition) is 0. The zero-order valence-corrected chi connectivity index (χ0v) is 21.4. The second kappa shape index (κ2) is 8.21. The van der Waals surface area contributed by atoms with E-state index in [1.54, 1.807) is 21.7 Å². The van der Waals surface area contributed by atoms with Gasteiger partial charge in [0, 0.05) is 23.7 Å². The fraction of sp³-hybridized carbons (Fsp3) is 0.462. The Bertz CT molecular complexity index is 1430. The fourth-order valence-electron chi connectivity index (χ4n) is 5.12. The number of morpholine rings is 1. The van der Waals surface area contributed by atoms with E-state index in [4.69, 9.17) is 19.3 Å². The Morgan fingerprint density at radius 3 is 2.72 bits per heavy atom. The van der Waals surface area contributed by atoms with E-state index >= 15 is 0 Å². The number of sulfone groups is 1. The second-order valence-electron chi connectivity index (χ2n) is 10.2. The zero-order chi connectivity index (χ0) is 25.2. The molecular formula is C26H29N3O6S. The number of ether oxygens (including phenoxy) is 3. The van der Waals surface area contributed by atoms with Crippen molar-refractivity contribution in [1.29, 1.82) is 0 Å². The average Bonchev–Trinajstić information content (AvgIpc) is 3.45. The third kappa shape index (κ3) is 3.57.